The fraction of sp³-hybridized carbons (Fsp3) is 0.522. The van der Waals surface area contributed by atoms with E-state index in [1.165, 1.54) is 0 Å². The standard InChI is InChI=1S/C23H29N3O4S/c1-15-6-9-25(10-7-15)22(27)13-26-19-12-17(4-5-20(19)30-16(2)23(26)28)18-14-31-21(24-18)8-11-29-3/h4-5,12,14-16H,6-11,13H2,1-3H3. The second-order valence-corrected chi connectivity index (χ2v) is 9.24. The molecule has 0 radical (unpaired) electrons. The molecule has 2 aromatic rings. The van der Waals surface area contributed by atoms with Crippen molar-refractivity contribution in [2.24, 2.45) is 5.92 Å². The number of methoxy groups -OCH3 is 1. The number of ether oxygens (including phenoxy) is 2. The first-order chi connectivity index (χ1) is 15.0. The number of carbonyl (C=O) groups excluding carboxylic acids is 2. The van der Waals surface area contributed by atoms with Gasteiger partial charge in [-0.3, -0.25) is 14.5 Å². The van der Waals surface area contributed by atoms with Crippen LogP contribution in [0.4, 0.5) is 5.69 Å². The van der Waals surface area contributed by atoms with Crippen LogP contribution < -0.4 is 9.64 Å². The van der Waals surface area contributed by atoms with Crippen molar-refractivity contribution in [3.8, 4) is 17.0 Å². The number of hydrogen-bond donors (Lipinski definition) is 0. The molecule has 4 rings (SSSR count). The van der Waals surface area contributed by atoms with Gasteiger partial charge in [0, 0.05) is 37.6 Å². The third kappa shape index (κ3) is 4.75. The fourth-order valence-corrected chi connectivity index (χ4v) is 4.76. The molecule has 0 aliphatic carbocycles. The number of likely N-dealkylation sites (tertiary alicyclic amines) is 1. The predicted octanol–water partition coefficient (Wildman–Crippen LogP) is 3.37. The number of aromatic nitrogens is 1. The summed E-state index contributed by atoms with van der Waals surface area (Å²) in [6, 6.07) is 5.71. The van der Waals surface area contributed by atoms with Crippen LogP contribution in [0, 0.1) is 5.92 Å². The zero-order chi connectivity index (χ0) is 22.0. The SMILES string of the molecule is COCCc1nc(-c2ccc3c(c2)N(CC(=O)N2CCC(C)CC2)C(=O)C(C)O3)cs1. The lowest BCUT2D eigenvalue weighted by atomic mass is 9.99. The Hall–Kier alpha value is -2.45. The van der Waals surface area contributed by atoms with Gasteiger partial charge in [-0.25, -0.2) is 4.98 Å². The van der Waals surface area contributed by atoms with Gasteiger partial charge < -0.3 is 14.4 Å². The van der Waals surface area contributed by atoms with Gasteiger partial charge in [0.15, 0.2) is 6.10 Å². The van der Waals surface area contributed by atoms with Crippen LogP contribution in [0.15, 0.2) is 23.6 Å². The zero-order valence-corrected chi connectivity index (χ0v) is 19.1. The minimum Gasteiger partial charge on any atom is -0.479 e. The number of benzene rings is 1. The Balaban J connectivity index is 1.57. The van der Waals surface area contributed by atoms with Crippen LogP contribution in [-0.2, 0) is 20.7 Å². The lowest BCUT2D eigenvalue weighted by Crippen LogP contribution is -2.50. The highest BCUT2D eigenvalue weighted by Gasteiger charge is 2.34. The van der Waals surface area contributed by atoms with E-state index in [0.29, 0.717) is 24.0 Å². The Kier molecular flexibility index (Phi) is 6.57. The Labute approximate surface area is 187 Å². The van der Waals surface area contributed by atoms with Crippen molar-refractivity contribution in [3.63, 3.8) is 0 Å². The average Bonchev–Trinajstić information content (AvgIpc) is 3.24. The van der Waals surface area contributed by atoms with Crippen LogP contribution in [0.5, 0.6) is 5.75 Å². The highest BCUT2D eigenvalue weighted by atomic mass is 32.1. The van der Waals surface area contributed by atoms with Gasteiger partial charge in [0.25, 0.3) is 5.91 Å². The van der Waals surface area contributed by atoms with Crippen LogP contribution in [0.1, 0.15) is 31.7 Å². The maximum atomic E-state index is 13.0. The van der Waals surface area contributed by atoms with E-state index in [1.807, 2.05) is 28.5 Å². The van der Waals surface area contributed by atoms with Crippen LogP contribution in [-0.4, -0.2) is 61.2 Å². The summed E-state index contributed by atoms with van der Waals surface area (Å²) in [7, 11) is 1.68. The molecule has 7 nitrogen and oxygen atoms in total. The highest BCUT2D eigenvalue weighted by molar-refractivity contribution is 7.09. The molecular formula is C23H29N3O4S. The first-order valence-electron chi connectivity index (χ1n) is 10.8. The van der Waals surface area contributed by atoms with Gasteiger partial charge in [-0.05, 0) is 43.9 Å². The predicted molar refractivity (Wildman–Crippen MR) is 121 cm³/mol. The topological polar surface area (TPSA) is 72.0 Å². The molecule has 1 atom stereocenters. The van der Waals surface area contributed by atoms with E-state index in [2.05, 4.69) is 11.9 Å². The highest BCUT2D eigenvalue weighted by Crippen LogP contribution is 2.38. The van der Waals surface area contributed by atoms with Crippen molar-refractivity contribution in [1.29, 1.82) is 0 Å². The first-order valence-corrected chi connectivity index (χ1v) is 11.7. The Morgan fingerprint density at radius 1 is 1.29 bits per heavy atom. The number of thiazole rings is 1. The van der Waals surface area contributed by atoms with E-state index in [4.69, 9.17) is 9.47 Å². The summed E-state index contributed by atoms with van der Waals surface area (Å²) in [5.41, 5.74) is 2.38. The number of fused-ring (bicyclic) bond motifs is 1. The van der Waals surface area contributed by atoms with Crippen molar-refractivity contribution in [2.75, 3.05) is 38.3 Å². The average molecular weight is 444 g/mol. The Morgan fingerprint density at radius 2 is 2.06 bits per heavy atom. The zero-order valence-electron chi connectivity index (χ0n) is 18.3. The number of piperidine rings is 1. The van der Waals surface area contributed by atoms with Gasteiger partial charge in [0.05, 0.1) is 23.0 Å². The summed E-state index contributed by atoms with van der Waals surface area (Å²) in [5, 5.41) is 3.01. The second kappa shape index (κ2) is 9.36. The minimum absolute atomic E-state index is 0.0128. The van der Waals surface area contributed by atoms with E-state index in [-0.39, 0.29) is 18.4 Å². The molecule has 31 heavy (non-hydrogen) atoms. The summed E-state index contributed by atoms with van der Waals surface area (Å²) in [6.07, 6.45) is 2.16. The Bertz CT molecular complexity index is 952. The maximum absolute atomic E-state index is 13.0. The smallest absolute Gasteiger partial charge is 0.268 e. The van der Waals surface area contributed by atoms with Crippen LogP contribution in [0.2, 0.25) is 0 Å². The molecule has 8 heteroatoms. The molecule has 1 saturated heterocycles. The molecule has 0 spiro atoms. The molecule has 1 unspecified atom stereocenters. The fourth-order valence-electron chi connectivity index (χ4n) is 3.97. The normalized spacial score (nSPS) is 19.3. The number of anilines is 1. The summed E-state index contributed by atoms with van der Waals surface area (Å²) < 4.78 is 10.9. The number of carbonyl (C=O) groups is 2. The summed E-state index contributed by atoms with van der Waals surface area (Å²) in [4.78, 5) is 34.0. The quantitative estimate of drug-likeness (QED) is 0.685. The van der Waals surface area contributed by atoms with Gasteiger partial charge in [0.2, 0.25) is 5.91 Å². The van der Waals surface area contributed by atoms with E-state index in [0.717, 1.165) is 48.6 Å². The molecule has 0 bridgehead atoms. The van der Waals surface area contributed by atoms with Crippen molar-refractivity contribution in [3.05, 3.63) is 28.6 Å². The molecule has 2 amide bonds. The van der Waals surface area contributed by atoms with Crippen LogP contribution in [0.3, 0.4) is 0 Å². The first kappa shape index (κ1) is 21.8. The maximum Gasteiger partial charge on any atom is 0.268 e. The van der Waals surface area contributed by atoms with E-state index in [9.17, 15) is 9.59 Å². The number of rotatable bonds is 6. The van der Waals surface area contributed by atoms with Gasteiger partial charge in [-0.15, -0.1) is 11.3 Å². The van der Waals surface area contributed by atoms with E-state index < -0.39 is 6.10 Å². The lowest BCUT2D eigenvalue weighted by molar-refractivity contribution is -0.134. The monoisotopic (exact) mass is 443 g/mol. The molecule has 2 aliphatic rings. The molecule has 1 aromatic heterocycles. The second-order valence-electron chi connectivity index (χ2n) is 8.30. The molecule has 166 valence electrons. The van der Waals surface area contributed by atoms with Crippen molar-refractivity contribution < 1.29 is 19.1 Å². The van der Waals surface area contributed by atoms with Crippen molar-refractivity contribution >= 4 is 28.8 Å². The minimum atomic E-state index is -0.618. The number of amides is 2. The summed E-state index contributed by atoms with van der Waals surface area (Å²) in [6.45, 7) is 6.11. The van der Waals surface area contributed by atoms with Crippen LogP contribution >= 0.6 is 11.3 Å². The van der Waals surface area contributed by atoms with Gasteiger partial charge in [-0.2, -0.15) is 0 Å². The molecule has 1 fully saturated rings. The van der Waals surface area contributed by atoms with Crippen molar-refractivity contribution in [1.82, 2.24) is 9.88 Å². The Morgan fingerprint density at radius 3 is 2.81 bits per heavy atom. The molecule has 0 saturated carbocycles. The number of nitrogens with zero attached hydrogens (tertiary/aromatic N) is 3. The molecular weight excluding hydrogens is 414 g/mol. The molecule has 2 aliphatic heterocycles. The summed E-state index contributed by atoms with van der Waals surface area (Å²) >= 11 is 1.59. The van der Waals surface area contributed by atoms with Crippen LogP contribution in [0.25, 0.3) is 11.3 Å². The lowest BCUT2D eigenvalue weighted by Gasteiger charge is -2.36. The third-order valence-corrected chi connectivity index (χ3v) is 6.87. The van der Waals surface area contributed by atoms with Gasteiger partial charge in [-0.1, -0.05) is 6.92 Å². The molecule has 0 N–H and O–H groups in total. The largest absolute Gasteiger partial charge is 0.479 e. The van der Waals surface area contributed by atoms with Crippen molar-refractivity contribution in [2.45, 2.75) is 39.2 Å². The van der Waals surface area contributed by atoms with E-state index >= 15 is 0 Å². The molecule has 1 aromatic carbocycles. The third-order valence-electron chi connectivity index (χ3n) is 5.96. The molecule has 3 heterocycles. The summed E-state index contributed by atoms with van der Waals surface area (Å²) in [5.74, 6) is 1.05. The van der Waals surface area contributed by atoms with E-state index in [1.54, 1.807) is 30.3 Å². The van der Waals surface area contributed by atoms with Gasteiger partial charge >= 0.3 is 0 Å². The van der Waals surface area contributed by atoms with Gasteiger partial charge in [0.1, 0.15) is 12.3 Å². The number of hydrogen-bond acceptors (Lipinski definition) is 6.